The third kappa shape index (κ3) is 2.36. The van der Waals surface area contributed by atoms with E-state index in [2.05, 4.69) is 14.7 Å². The van der Waals surface area contributed by atoms with Crippen LogP contribution >= 0.6 is 0 Å². The summed E-state index contributed by atoms with van der Waals surface area (Å²) in [5.74, 6) is 0.705. The van der Waals surface area contributed by atoms with Crippen LogP contribution in [0.5, 0.6) is 0 Å². The molecule has 0 unspecified atom stereocenters. The molecule has 0 radical (unpaired) electrons. The van der Waals surface area contributed by atoms with E-state index in [0.717, 1.165) is 24.4 Å². The Bertz CT molecular complexity index is 402. The van der Waals surface area contributed by atoms with Crippen molar-refractivity contribution in [1.82, 2.24) is 9.97 Å². The molecule has 1 heterocycles. The van der Waals surface area contributed by atoms with Gasteiger partial charge < -0.3 is 9.47 Å². The number of methoxy groups -OCH3 is 2. The van der Waals surface area contributed by atoms with Crippen LogP contribution in [0, 0.1) is 0 Å². The van der Waals surface area contributed by atoms with Gasteiger partial charge in [0.15, 0.2) is 5.69 Å². The van der Waals surface area contributed by atoms with E-state index in [0.29, 0.717) is 18.2 Å². The fraction of sp³-hybridized carbons (Fsp3) is 0.545. The lowest BCUT2D eigenvalue weighted by molar-refractivity contribution is 0.0593. The highest BCUT2D eigenvalue weighted by Crippen LogP contribution is 2.38. The Morgan fingerprint density at radius 1 is 1.44 bits per heavy atom. The minimum atomic E-state index is -0.429. The van der Waals surface area contributed by atoms with Crippen LogP contribution in [0.25, 0.3) is 0 Å². The summed E-state index contributed by atoms with van der Waals surface area (Å²) in [5.41, 5.74) is 1.03. The van der Waals surface area contributed by atoms with Crippen molar-refractivity contribution in [2.24, 2.45) is 0 Å². The van der Waals surface area contributed by atoms with E-state index in [1.807, 2.05) is 0 Å². The van der Waals surface area contributed by atoms with Gasteiger partial charge in [-0.3, -0.25) is 0 Å². The molecule has 0 saturated heterocycles. The number of rotatable bonds is 4. The van der Waals surface area contributed by atoms with E-state index < -0.39 is 5.97 Å². The summed E-state index contributed by atoms with van der Waals surface area (Å²) in [4.78, 5) is 20.0. The predicted octanol–water partition coefficient (Wildman–Crippen LogP) is 1.29. The standard InChI is InChI=1S/C11H14N2O3/c1-15-6-8-5-9(11(14)16-2)13-10(12-8)7-3-4-7/h5,7H,3-4,6H2,1-2H3. The van der Waals surface area contributed by atoms with E-state index in [9.17, 15) is 4.79 Å². The highest BCUT2D eigenvalue weighted by atomic mass is 16.5. The van der Waals surface area contributed by atoms with Gasteiger partial charge in [0.2, 0.25) is 0 Å². The smallest absolute Gasteiger partial charge is 0.356 e. The highest BCUT2D eigenvalue weighted by Gasteiger charge is 2.28. The second-order valence-corrected chi connectivity index (χ2v) is 3.80. The molecule has 0 bridgehead atoms. The SMILES string of the molecule is COCc1cc(C(=O)OC)nc(C2CC2)n1. The monoisotopic (exact) mass is 222 g/mol. The Hall–Kier alpha value is -1.49. The maximum atomic E-state index is 11.4. The first kappa shape index (κ1) is 11.0. The van der Waals surface area contributed by atoms with Crippen molar-refractivity contribution in [2.45, 2.75) is 25.4 Å². The third-order valence-corrected chi connectivity index (χ3v) is 2.43. The van der Waals surface area contributed by atoms with Gasteiger partial charge in [0.25, 0.3) is 0 Å². The first-order valence-corrected chi connectivity index (χ1v) is 5.19. The molecule has 0 N–H and O–H groups in total. The van der Waals surface area contributed by atoms with Crippen molar-refractivity contribution in [3.05, 3.63) is 23.3 Å². The molecule has 2 rings (SSSR count). The molecule has 5 heteroatoms. The molecule has 1 saturated carbocycles. The molecule has 86 valence electrons. The number of carbonyl (C=O) groups is 1. The first-order chi connectivity index (χ1) is 7.74. The summed E-state index contributed by atoms with van der Waals surface area (Å²) in [6, 6.07) is 1.61. The molecule has 0 amide bonds. The number of nitrogens with zero attached hydrogens (tertiary/aromatic N) is 2. The van der Waals surface area contributed by atoms with Crippen molar-refractivity contribution < 1.29 is 14.3 Å². The number of ether oxygens (including phenoxy) is 2. The van der Waals surface area contributed by atoms with Crippen LogP contribution in [0.15, 0.2) is 6.07 Å². The van der Waals surface area contributed by atoms with Crippen molar-refractivity contribution in [3.8, 4) is 0 Å². The van der Waals surface area contributed by atoms with E-state index in [4.69, 9.17) is 4.74 Å². The summed E-state index contributed by atoms with van der Waals surface area (Å²) in [7, 11) is 2.94. The Morgan fingerprint density at radius 3 is 2.75 bits per heavy atom. The van der Waals surface area contributed by atoms with Gasteiger partial charge in [-0.1, -0.05) is 0 Å². The van der Waals surface area contributed by atoms with Crippen LogP contribution < -0.4 is 0 Å². The second-order valence-electron chi connectivity index (χ2n) is 3.80. The highest BCUT2D eigenvalue weighted by molar-refractivity contribution is 5.87. The van der Waals surface area contributed by atoms with E-state index in [1.165, 1.54) is 7.11 Å². The van der Waals surface area contributed by atoms with Crippen LogP contribution in [0.3, 0.4) is 0 Å². The number of hydrogen-bond donors (Lipinski definition) is 0. The molecular formula is C11H14N2O3. The van der Waals surface area contributed by atoms with Gasteiger partial charge >= 0.3 is 5.97 Å². The zero-order valence-electron chi connectivity index (χ0n) is 9.40. The Balaban J connectivity index is 2.32. The lowest BCUT2D eigenvalue weighted by Gasteiger charge is -2.05. The summed E-state index contributed by atoms with van der Waals surface area (Å²) >= 11 is 0. The van der Waals surface area contributed by atoms with Gasteiger partial charge in [0, 0.05) is 13.0 Å². The topological polar surface area (TPSA) is 61.3 Å². The fourth-order valence-corrected chi connectivity index (χ4v) is 1.47. The molecule has 0 aromatic carbocycles. The Morgan fingerprint density at radius 2 is 2.19 bits per heavy atom. The van der Waals surface area contributed by atoms with Crippen molar-refractivity contribution in [3.63, 3.8) is 0 Å². The van der Waals surface area contributed by atoms with Crippen molar-refractivity contribution in [2.75, 3.05) is 14.2 Å². The zero-order chi connectivity index (χ0) is 11.5. The zero-order valence-corrected chi connectivity index (χ0v) is 9.40. The van der Waals surface area contributed by atoms with Gasteiger partial charge in [0.1, 0.15) is 5.82 Å². The molecule has 1 aliphatic rings. The average Bonchev–Trinajstić information content (AvgIpc) is 3.12. The van der Waals surface area contributed by atoms with Crippen molar-refractivity contribution >= 4 is 5.97 Å². The lowest BCUT2D eigenvalue weighted by atomic mass is 10.3. The molecule has 0 spiro atoms. The van der Waals surface area contributed by atoms with Gasteiger partial charge in [-0.2, -0.15) is 0 Å². The molecule has 0 atom stereocenters. The van der Waals surface area contributed by atoms with Gasteiger partial charge in [0.05, 0.1) is 19.4 Å². The predicted molar refractivity (Wildman–Crippen MR) is 56.1 cm³/mol. The van der Waals surface area contributed by atoms with E-state index in [-0.39, 0.29) is 0 Å². The quantitative estimate of drug-likeness (QED) is 0.718. The van der Waals surface area contributed by atoms with E-state index >= 15 is 0 Å². The van der Waals surface area contributed by atoms with Gasteiger partial charge in [-0.15, -0.1) is 0 Å². The molecule has 5 nitrogen and oxygen atoms in total. The first-order valence-electron chi connectivity index (χ1n) is 5.19. The lowest BCUT2D eigenvalue weighted by Crippen LogP contribution is -2.10. The molecule has 1 aromatic heterocycles. The maximum absolute atomic E-state index is 11.4. The molecular weight excluding hydrogens is 208 g/mol. The summed E-state index contributed by atoms with van der Waals surface area (Å²) in [5, 5.41) is 0. The molecule has 1 aromatic rings. The van der Waals surface area contributed by atoms with Crippen LogP contribution in [0.4, 0.5) is 0 Å². The summed E-state index contributed by atoms with van der Waals surface area (Å²) in [6.07, 6.45) is 2.19. The third-order valence-electron chi connectivity index (χ3n) is 2.43. The Labute approximate surface area is 93.8 Å². The second kappa shape index (κ2) is 4.57. The van der Waals surface area contributed by atoms with Crippen LogP contribution in [-0.2, 0) is 16.1 Å². The number of carbonyl (C=O) groups excluding carboxylic acids is 1. The Kier molecular flexibility index (Phi) is 3.14. The molecule has 1 fully saturated rings. The maximum Gasteiger partial charge on any atom is 0.356 e. The van der Waals surface area contributed by atoms with Crippen LogP contribution in [0.2, 0.25) is 0 Å². The largest absolute Gasteiger partial charge is 0.464 e. The summed E-state index contributed by atoms with van der Waals surface area (Å²) in [6.45, 7) is 0.381. The molecule has 16 heavy (non-hydrogen) atoms. The molecule has 0 aliphatic heterocycles. The summed E-state index contributed by atoms with van der Waals surface area (Å²) < 4.78 is 9.66. The van der Waals surface area contributed by atoms with Crippen LogP contribution in [0.1, 0.15) is 40.8 Å². The minimum Gasteiger partial charge on any atom is -0.464 e. The number of aromatic nitrogens is 2. The molecule has 1 aliphatic carbocycles. The van der Waals surface area contributed by atoms with E-state index in [1.54, 1.807) is 13.2 Å². The average molecular weight is 222 g/mol. The fourth-order valence-electron chi connectivity index (χ4n) is 1.47. The van der Waals surface area contributed by atoms with Gasteiger partial charge in [-0.05, 0) is 18.9 Å². The number of hydrogen-bond acceptors (Lipinski definition) is 5. The minimum absolute atomic E-state index is 0.312. The number of esters is 1. The normalized spacial score (nSPS) is 14.9. The van der Waals surface area contributed by atoms with Crippen LogP contribution in [-0.4, -0.2) is 30.2 Å². The van der Waals surface area contributed by atoms with Crippen molar-refractivity contribution in [1.29, 1.82) is 0 Å². The van der Waals surface area contributed by atoms with Gasteiger partial charge in [-0.25, -0.2) is 14.8 Å².